The van der Waals surface area contributed by atoms with Crippen molar-refractivity contribution < 1.29 is 27.4 Å². The molecular formula is C19H30O6S. The Balaban J connectivity index is 0.000000349. The number of hydrogen-bond acceptors (Lipinski definition) is 4. The van der Waals surface area contributed by atoms with E-state index >= 15 is 0 Å². The molecule has 3 saturated carbocycles. The second kappa shape index (κ2) is 6.69. The molecule has 0 aliphatic heterocycles. The molecule has 0 amide bonds. The SMILES string of the molecule is C[C@]12CC[C@H](O)CC1=CC[C@@H]1[C@@H]2CC[C@]2(C)C(=O)CC[C@@H]12.O=S(=O)(O)O. The lowest BCUT2D eigenvalue weighted by atomic mass is 9.48. The van der Waals surface area contributed by atoms with Gasteiger partial charge < -0.3 is 5.11 Å². The zero-order valence-electron chi connectivity index (χ0n) is 15.5. The van der Waals surface area contributed by atoms with Crippen LogP contribution in [0.15, 0.2) is 11.6 Å². The predicted molar refractivity (Wildman–Crippen MR) is 96.9 cm³/mol. The molecular weight excluding hydrogens is 356 g/mol. The highest BCUT2D eigenvalue weighted by Crippen LogP contribution is 2.63. The number of carbonyl (C=O) groups is 1. The van der Waals surface area contributed by atoms with Gasteiger partial charge in [-0.3, -0.25) is 13.9 Å². The van der Waals surface area contributed by atoms with Gasteiger partial charge in [0.2, 0.25) is 0 Å². The van der Waals surface area contributed by atoms with Gasteiger partial charge in [0.25, 0.3) is 0 Å². The van der Waals surface area contributed by atoms with Crippen molar-refractivity contribution in [2.24, 2.45) is 28.6 Å². The second-order valence-electron chi connectivity index (χ2n) is 9.02. The molecule has 4 aliphatic carbocycles. The van der Waals surface area contributed by atoms with E-state index in [1.54, 1.807) is 0 Å². The number of aliphatic hydroxyl groups excluding tert-OH is 1. The van der Waals surface area contributed by atoms with Crippen molar-refractivity contribution in [1.29, 1.82) is 0 Å². The topological polar surface area (TPSA) is 112 Å². The first-order valence-corrected chi connectivity index (χ1v) is 11.0. The van der Waals surface area contributed by atoms with Crippen LogP contribution < -0.4 is 0 Å². The Morgan fingerprint density at radius 2 is 1.62 bits per heavy atom. The van der Waals surface area contributed by atoms with E-state index in [2.05, 4.69) is 19.9 Å². The zero-order chi connectivity index (χ0) is 19.3. The summed E-state index contributed by atoms with van der Waals surface area (Å²) in [4.78, 5) is 12.4. The van der Waals surface area contributed by atoms with Gasteiger partial charge in [-0.1, -0.05) is 25.5 Å². The quantitative estimate of drug-likeness (QED) is 0.435. The Hall–Kier alpha value is -0.760. The van der Waals surface area contributed by atoms with Crippen LogP contribution in [0.3, 0.4) is 0 Å². The Morgan fingerprint density at radius 1 is 1.04 bits per heavy atom. The van der Waals surface area contributed by atoms with Gasteiger partial charge >= 0.3 is 10.4 Å². The minimum atomic E-state index is -4.67. The lowest BCUT2D eigenvalue weighted by molar-refractivity contribution is -0.132. The monoisotopic (exact) mass is 386 g/mol. The van der Waals surface area contributed by atoms with Crippen LogP contribution in [0.1, 0.15) is 65.2 Å². The van der Waals surface area contributed by atoms with Crippen LogP contribution in [0.4, 0.5) is 0 Å². The molecule has 0 radical (unpaired) electrons. The highest BCUT2D eigenvalue weighted by atomic mass is 32.3. The fourth-order valence-electron chi connectivity index (χ4n) is 6.41. The molecule has 0 aromatic heterocycles. The largest absolute Gasteiger partial charge is 0.394 e. The highest BCUT2D eigenvalue weighted by Gasteiger charge is 2.58. The maximum Gasteiger partial charge on any atom is 0.394 e. The summed E-state index contributed by atoms with van der Waals surface area (Å²) in [6, 6.07) is 0. The van der Waals surface area contributed by atoms with E-state index in [0.29, 0.717) is 23.0 Å². The normalized spacial score (nSPS) is 44.8. The van der Waals surface area contributed by atoms with Crippen molar-refractivity contribution in [2.45, 2.75) is 71.3 Å². The fraction of sp³-hybridized carbons (Fsp3) is 0.842. The number of rotatable bonds is 0. The molecule has 0 spiro atoms. The summed E-state index contributed by atoms with van der Waals surface area (Å²) in [7, 11) is -4.67. The number of fused-ring (bicyclic) bond motifs is 5. The van der Waals surface area contributed by atoms with Crippen LogP contribution in [0.5, 0.6) is 0 Å². The van der Waals surface area contributed by atoms with Crippen molar-refractivity contribution in [2.75, 3.05) is 0 Å². The summed E-state index contributed by atoms with van der Waals surface area (Å²) in [5.74, 6) is 2.60. The van der Waals surface area contributed by atoms with Gasteiger partial charge in [0.05, 0.1) is 6.10 Å². The van der Waals surface area contributed by atoms with E-state index in [0.717, 1.165) is 50.9 Å². The van der Waals surface area contributed by atoms with Crippen molar-refractivity contribution >= 4 is 16.2 Å². The summed E-state index contributed by atoms with van der Waals surface area (Å²) in [5, 5.41) is 10.00. The molecule has 0 aromatic rings. The average Bonchev–Trinajstić information content (AvgIpc) is 2.82. The van der Waals surface area contributed by atoms with E-state index < -0.39 is 10.4 Å². The van der Waals surface area contributed by atoms with Crippen LogP contribution in [-0.2, 0) is 15.2 Å². The predicted octanol–water partition coefficient (Wildman–Crippen LogP) is 3.23. The van der Waals surface area contributed by atoms with Crippen molar-refractivity contribution in [1.82, 2.24) is 0 Å². The molecule has 7 heteroatoms. The molecule has 3 N–H and O–H groups in total. The molecule has 0 aromatic carbocycles. The van der Waals surface area contributed by atoms with E-state index in [9.17, 15) is 9.90 Å². The third-order valence-corrected chi connectivity index (χ3v) is 7.79. The number of Topliss-reactive ketones (excluding diaryl/α,β-unsaturated/α-hetero) is 1. The average molecular weight is 387 g/mol. The van der Waals surface area contributed by atoms with Crippen LogP contribution in [-0.4, -0.2) is 34.5 Å². The first-order valence-electron chi connectivity index (χ1n) is 9.56. The zero-order valence-corrected chi connectivity index (χ0v) is 16.3. The first-order chi connectivity index (χ1) is 11.9. The van der Waals surface area contributed by atoms with E-state index in [1.807, 2.05) is 0 Å². The summed E-state index contributed by atoms with van der Waals surface area (Å²) in [6.45, 7) is 4.69. The molecule has 0 heterocycles. The third-order valence-electron chi connectivity index (χ3n) is 7.79. The molecule has 0 unspecified atom stereocenters. The Morgan fingerprint density at radius 3 is 2.27 bits per heavy atom. The molecule has 4 aliphatic rings. The molecule has 6 atom stereocenters. The second-order valence-corrected chi connectivity index (χ2v) is 9.92. The van der Waals surface area contributed by atoms with E-state index in [1.165, 1.54) is 12.0 Å². The smallest absolute Gasteiger partial charge is 0.393 e. The maximum absolute atomic E-state index is 12.4. The number of ketones is 1. The van der Waals surface area contributed by atoms with Gasteiger partial charge in [0.1, 0.15) is 5.78 Å². The van der Waals surface area contributed by atoms with Gasteiger partial charge in [0.15, 0.2) is 0 Å². The van der Waals surface area contributed by atoms with Crippen molar-refractivity contribution in [3.05, 3.63) is 11.6 Å². The Bertz CT molecular complexity index is 706. The van der Waals surface area contributed by atoms with Crippen molar-refractivity contribution in [3.63, 3.8) is 0 Å². The van der Waals surface area contributed by atoms with Gasteiger partial charge in [-0.15, -0.1) is 0 Å². The number of hydrogen-bond donors (Lipinski definition) is 3. The summed E-state index contributed by atoms with van der Waals surface area (Å²) in [5.41, 5.74) is 1.81. The maximum atomic E-state index is 12.4. The fourth-order valence-corrected chi connectivity index (χ4v) is 6.41. The van der Waals surface area contributed by atoms with Crippen LogP contribution in [0.25, 0.3) is 0 Å². The number of carbonyl (C=O) groups excluding carboxylic acids is 1. The lowest BCUT2D eigenvalue weighted by Gasteiger charge is -2.56. The summed E-state index contributed by atoms with van der Waals surface area (Å²) >= 11 is 0. The Labute approximate surface area is 155 Å². The molecule has 0 bridgehead atoms. The van der Waals surface area contributed by atoms with Gasteiger partial charge in [-0.25, -0.2) is 0 Å². The van der Waals surface area contributed by atoms with Crippen LogP contribution in [0, 0.1) is 28.6 Å². The molecule has 0 saturated heterocycles. The molecule has 4 rings (SSSR count). The first kappa shape index (κ1) is 20.0. The minimum absolute atomic E-state index is 0.0168. The van der Waals surface area contributed by atoms with Gasteiger partial charge in [0, 0.05) is 11.8 Å². The minimum Gasteiger partial charge on any atom is -0.393 e. The molecule has 148 valence electrons. The van der Waals surface area contributed by atoms with E-state index in [4.69, 9.17) is 17.5 Å². The van der Waals surface area contributed by atoms with Crippen LogP contribution >= 0.6 is 0 Å². The summed E-state index contributed by atoms with van der Waals surface area (Å²) in [6.07, 6.45) is 10.7. The standard InChI is InChI=1S/C19H28O2.H2O4S/c1-18-9-7-13(20)11-12(18)3-4-14-15-5-6-17(21)19(15,2)10-8-16(14)18;1-5(2,3)4/h3,13-16,20H,4-11H2,1-2H3;(H2,1,2,3,4)/t13-,14-,15-,16-,18-,19-;/m0./s1. The van der Waals surface area contributed by atoms with Gasteiger partial charge in [-0.2, -0.15) is 8.42 Å². The van der Waals surface area contributed by atoms with E-state index in [-0.39, 0.29) is 11.5 Å². The highest BCUT2D eigenvalue weighted by molar-refractivity contribution is 7.79. The molecule has 3 fully saturated rings. The number of aliphatic hydroxyl groups is 1. The molecule has 26 heavy (non-hydrogen) atoms. The molecule has 6 nitrogen and oxygen atoms in total. The Kier molecular flexibility index (Phi) is 5.14. The lowest BCUT2D eigenvalue weighted by Crippen LogP contribution is -2.50. The summed E-state index contributed by atoms with van der Waals surface area (Å²) < 4.78 is 31.6. The van der Waals surface area contributed by atoms with Crippen molar-refractivity contribution in [3.8, 4) is 0 Å². The van der Waals surface area contributed by atoms with Crippen LogP contribution in [0.2, 0.25) is 0 Å². The number of allylic oxidation sites excluding steroid dienone is 1. The third kappa shape index (κ3) is 3.51. The van der Waals surface area contributed by atoms with Gasteiger partial charge in [-0.05, 0) is 68.1 Å².